The first kappa shape index (κ1) is 15.5. The van der Waals surface area contributed by atoms with E-state index in [1.54, 1.807) is 25.2 Å². The summed E-state index contributed by atoms with van der Waals surface area (Å²) in [7, 11) is 1.57. The van der Waals surface area contributed by atoms with Gasteiger partial charge in [0.15, 0.2) is 5.84 Å². The maximum absolute atomic E-state index is 11.0. The van der Waals surface area contributed by atoms with Crippen LogP contribution in [0.3, 0.4) is 0 Å². The molecular weight excluding hydrogens is 278 g/mol. The van der Waals surface area contributed by atoms with Crippen molar-refractivity contribution in [3.63, 3.8) is 0 Å². The molecule has 0 atom stereocenters. The van der Waals surface area contributed by atoms with Crippen molar-refractivity contribution in [3.05, 3.63) is 59.2 Å². The SMILES string of the molecule is Cc1ccc(Nc2ccc(C=O)cc2/C(N)=N/N(C)N)cc1. The van der Waals surface area contributed by atoms with Crippen molar-refractivity contribution in [2.45, 2.75) is 6.92 Å². The smallest absolute Gasteiger partial charge is 0.154 e. The van der Waals surface area contributed by atoms with Gasteiger partial charge in [-0.25, -0.2) is 11.0 Å². The highest BCUT2D eigenvalue weighted by molar-refractivity contribution is 6.04. The van der Waals surface area contributed by atoms with E-state index in [0.717, 1.165) is 22.8 Å². The highest BCUT2D eigenvalue weighted by Gasteiger charge is 2.09. The summed E-state index contributed by atoms with van der Waals surface area (Å²) in [5.74, 6) is 5.72. The van der Waals surface area contributed by atoms with Crippen LogP contribution in [0.2, 0.25) is 0 Å². The molecule has 0 bridgehead atoms. The zero-order valence-electron chi connectivity index (χ0n) is 12.6. The van der Waals surface area contributed by atoms with Crippen LogP contribution in [-0.2, 0) is 0 Å². The van der Waals surface area contributed by atoms with Crippen LogP contribution in [0.25, 0.3) is 0 Å². The quantitative estimate of drug-likeness (QED) is 0.258. The van der Waals surface area contributed by atoms with Crippen molar-refractivity contribution in [2.24, 2.45) is 16.7 Å². The third-order valence-corrected chi connectivity index (χ3v) is 3.05. The molecule has 0 radical (unpaired) electrons. The van der Waals surface area contributed by atoms with Gasteiger partial charge in [0.25, 0.3) is 0 Å². The zero-order chi connectivity index (χ0) is 16.1. The first-order valence-electron chi connectivity index (χ1n) is 6.75. The van der Waals surface area contributed by atoms with E-state index >= 15 is 0 Å². The minimum absolute atomic E-state index is 0.225. The van der Waals surface area contributed by atoms with Gasteiger partial charge < -0.3 is 11.1 Å². The number of benzene rings is 2. The lowest BCUT2D eigenvalue weighted by Crippen LogP contribution is -2.26. The van der Waals surface area contributed by atoms with Gasteiger partial charge in [-0.15, -0.1) is 5.10 Å². The average molecular weight is 297 g/mol. The lowest BCUT2D eigenvalue weighted by molar-refractivity contribution is 0.112. The van der Waals surface area contributed by atoms with Crippen molar-refractivity contribution in [1.29, 1.82) is 0 Å². The summed E-state index contributed by atoms with van der Waals surface area (Å²) in [6.07, 6.45) is 0.762. The molecule has 0 fully saturated rings. The van der Waals surface area contributed by atoms with Gasteiger partial charge in [0.2, 0.25) is 0 Å². The van der Waals surface area contributed by atoms with Gasteiger partial charge >= 0.3 is 0 Å². The molecule has 22 heavy (non-hydrogen) atoms. The molecule has 0 spiro atoms. The molecule has 0 saturated heterocycles. The number of rotatable bonds is 5. The Morgan fingerprint density at radius 1 is 1.23 bits per heavy atom. The number of aryl methyl sites for hydroxylation is 1. The number of anilines is 2. The Hall–Kier alpha value is -2.86. The highest BCUT2D eigenvalue weighted by atomic mass is 16.1. The number of carbonyl (C=O) groups is 1. The molecule has 6 nitrogen and oxygen atoms in total. The predicted molar refractivity (Wildman–Crippen MR) is 89.0 cm³/mol. The fourth-order valence-corrected chi connectivity index (χ4v) is 1.97. The summed E-state index contributed by atoms with van der Waals surface area (Å²) in [6.45, 7) is 2.02. The third kappa shape index (κ3) is 3.83. The van der Waals surface area contributed by atoms with E-state index in [1.807, 2.05) is 31.2 Å². The molecule has 0 amide bonds. The second-order valence-corrected chi connectivity index (χ2v) is 4.97. The number of nitrogens with zero attached hydrogens (tertiary/aromatic N) is 2. The average Bonchev–Trinajstić information content (AvgIpc) is 2.49. The Bertz CT molecular complexity index is 692. The van der Waals surface area contributed by atoms with E-state index in [4.69, 9.17) is 11.6 Å². The number of hydrazone groups is 1. The Morgan fingerprint density at radius 3 is 2.50 bits per heavy atom. The molecule has 6 heteroatoms. The molecule has 114 valence electrons. The minimum Gasteiger partial charge on any atom is -0.382 e. The highest BCUT2D eigenvalue weighted by Crippen LogP contribution is 2.22. The molecule has 0 heterocycles. The predicted octanol–water partition coefficient (Wildman–Crippen LogP) is 1.98. The number of hydrazine groups is 1. The van der Waals surface area contributed by atoms with Crippen molar-refractivity contribution >= 4 is 23.5 Å². The monoisotopic (exact) mass is 297 g/mol. The van der Waals surface area contributed by atoms with Crippen LogP contribution < -0.4 is 16.9 Å². The minimum atomic E-state index is 0.225. The molecule has 0 aliphatic rings. The summed E-state index contributed by atoms with van der Waals surface area (Å²) in [6, 6.07) is 13.1. The van der Waals surface area contributed by atoms with Gasteiger partial charge in [-0.05, 0) is 37.3 Å². The second kappa shape index (κ2) is 6.73. The topological polar surface area (TPSA) is 96.7 Å². The van der Waals surface area contributed by atoms with E-state index in [0.29, 0.717) is 11.1 Å². The van der Waals surface area contributed by atoms with E-state index in [2.05, 4.69) is 10.4 Å². The van der Waals surface area contributed by atoms with Crippen LogP contribution in [0.15, 0.2) is 47.6 Å². The van der Waals surface area contributed by atoms with Gasteiger partial charge in [0, 0.05) is 29.5 Å². The van der Waals surface area contributed by atoms with Crippen LogP contribution in [0, 0.1) is 6.92 Å². The maximum atomic E-state index is 11.0. The number of nitrogens with one attached hydrogen (secondary N) is 1. The fraction of sp³-hybridized carbons (Fsp3) is 0.125. The van der Waals surface area contributed by atoms with E-state index in [-0.39, 0.29) is 5.84 Å². The van der Waals surface area contributed by atoms with Gasteiger partial charge in [-0.2, -0.15) is 0 Å². The molecule has 0 saturated carbocycles. The van der Waals surface area contributed by atoms with Crippen LogP contribution in [0.5, 0.6) is 0 Å². The molecule has 0 aromatic heterocycles. The molecular formula is C16H19N5O. The summed E-state index contributed by atoms with van der Waals surface area (Å²) in [5.41, 5.74) is 9.94. The van der Waals surface area contributed by atoms with Gasteiger partial charge in [0.05, 0.1) is 0 Å². The normalized spacial score (nSPS) is 11.1. The lowest BCUT2D eigenvalue weighted by Gasteiger charge is -2.14. The molecule has 2 aromatic carbocycles. The summed E-state index contributed by atoms with van der Waals surface area (Å²) in [5, 5.41) is 8.38. The Labute approximate surface area is 129 Å². The van der Waals surface area contributed by atoms with E-state index in [9.17, 15) is 4.79 Å². The zero-order valence-corrected chi connectivity index (χ0v) is 12.6. The summed E-state index contributed by atoms with van der Waals surface area (Å²) >= 11 is 0. The first-order chi connectivity index (χ1) is 10.5. The first-order valence-corrected chi connectivity index (χ1v) is 6.75. The second-order valence-electron chi connectivity index (χ2n) is 4.97. The van der Waals surface area contributed by atoms with Crippen molar-refractivity contribution in [2.75, 3.05) is 12.4 Å². The molecule has 0 aliphatic carbocycles. The Morgan fingerprint density at radius 2 is 1.91 bits per heavy atom. The standard InChI is InChI=1S/C16H19N5O/c1-11-3-6-13(7-4-11)19-15-8-5-12(10-22)9-14(15)16(17)20-21(2)18/h3-10,19H,18H2,1-2H3,(H2,17,20). The van der Waals surface area contributed by atoms with Crippen molar-refractivity contribution < 1.29 is 4.79 Å². The number of carbonyl (C=O) groups excluding carboxylic acids is 1. The maximum Gasteiger partial charge on any atom is 0.154 e. The van der Waals surface area contributed by atoms with Gasteiger partial charge in [0.1, 0.15) is 6.29 Å². The lowest BCUT2D eigenvalue weighted by atomic mass is 10.1. The van der Waals surface area contributed by atoms with Crippen LogP contribution in [0.1, 0.15) is 21.5 Å². The number of hydrogen-bond donors (Lipinski definition) is 3. The van der Waals surface area contributed by atoms with Crippen LogP contribution in [-0.4, -0.2) is 24.3 Å². The van der Waals surface area contributed by atoms with Crippen LogP contribution in [0.4, 0.5) is 11.4 Å². The Kier molecular flexibility index (Phi) is 4.75. The molecule has 0 unspecified atom stereocenters. The molecule has 0 aliphatic heterocycles. The van der Waals surface area contributed by atoms with E-state index < -0.39 is 0 Å². The third-order valence-electron chi connectivity index (χ3n) is 3.05. The number of aldehydes is 1. The number of nitrogens with two attached hydrogens (primary N) is 2. The molecule has 2 rings (SSSR count). The number of amidine groups is 1. The summed E-state index contributed by atoms with van der Waals surface area (Å²) in [4.78, 5) is 11.0. The molecule has 5 N–H and O–H groups in total. The largest absolute Gasteiger partial charge is 0.382 e. The van der Waals surface area contributed by atoms with E-state index in [1.165, 1.54) is 5.56 Å². The number of hydrogen-bond acceptors (Lipinski definition) is 5. The van der Waals surface area contributed by atoms with Crippen molar-refractivity contribution in [3.8, 4) is 0 Å². The van der Waals surface area contributed by atoms with Gasteiger partial charge in [-0.3, -0.25) is 4.79 Å². The molecule has 2 aromatic rings. The summed E-state index contributed by atoms with van der Waals surface area (Å²) < 4.78 is 0. The van der Waals surface area contributed by atoms with Crippen molar-refractivity contribution in [1.82, 2.24) is 5.12 Å². The fourth-order valence-electron chi connectivity index (χ4n) is 1.97. The van der Waals surface area contributed by atoms with Crippen LogP contribution >= 0.6 is 0 Å². The van der Waals surface area contributed by atoms with Gasteiger partial charge in [-0.1, -0.05) is 17.7 Å². The Balaban J connectivity index is 2.41.